The Kier molecular flexibility index (Phi) is 5.38. The van der Waals surface area contributed by atoms with Crippen LogP contribution in [0.2, 0.25) is 10.0 Å². The maximum absolute atomic E-state index is 13.0. The van der Waals surface area contributed by atoms with Gasteiger partial charge in [-0.1, -0.05) is 47.5 Å². The van der Waals surface area contributed by atoms with E-state index in [0.717, 1.165) is 12.8 Å². The van der Waals surface area contributed by atoms with Gasteiger partial charge < -0.3 is 9.80 Å². The Hall–Kier alpha value is -1.55. The summed E-state index contributed by atoms with van der Waals surface area (Å²) in [6.07, 6.45) is 1.79. The molecule has 2 atom stereocenters. The van der Waals surface area contributed by atoms with Crippen molar-refractivity contribution < 1.29 is 4.79 Å². The SMILES string of the molecule is CN(C)[C@@H]1Cc2ccccc2C[C@H]1N(C)C(=O)c1ccc(Cl)c(Cl)c1. The molecule has 0 aliphatic heterocycles. The summed E-state index contributed by atoms with van der Waals surface area (Å²) < 4.78 is 0. The highest BCUT2D eigenvalue weighted by atomic mass is 35.5. The molecule has 0 saturated heterocycles. The number of amides is 1. The summed E-state index contributed by atoms with van der Waals surface area (Å²) in [7, 11) is 6.02. The number of hydrogen-bond acceptors (Lipinski definition) is 2. The molecule has 2 aromatic carbocycles. The van der Waals surface area contributed by atoms with E-state index < -0.39 is 0 Å². The molecule has 5 heteroatoms. The van der Waals surface area contributed by atoms with E-state index >= 15 is 0 Å². The van der Waals surface area contributed by atoms with E-state index in [4.69, 9.17) is 23.2 Å². The Labute approximate surface area is 159 Å². The molecule has 0 unspecified atom stereocenters. The van der Waals surface area contributed by atoms with Gasteiger partial charge in [-0.3, -0.25) is 4.79 Å². The molecule has 0 N–H and O–H groups in total. The van der Waals surface area contributed by atoms with Crippen LogP contribution in [0.5, 0.6) is 0 Å². The third-order valence-electron chi connectivity index (χ3n) is 5.07. The molecule has 1 aliphatic carbocycles. The van der Waals surface area contributed by atoms with Gasteiger partial charge in [-0.05, 0) is 56.3 Å². The van der Waals surface area contributed by atoms with Crippen molar-refractivity contribution in [2.24, 2.45) is 0 Å². The van der Waals surface area contributed by atoms with Crippen LogP contribution in [0.1, 0.15) is 21.5 Å². The van der Waals surface area contributed by atoms with E-state index in [1.165, 1.54) is 11.1 Å². The lowest BCUT2D eigenvalue weighted by Gasteiger charge is -2.42. The van der Waals surface area contributed by atoms with Gasteiger partial charge in [0.15, 0.2) is 0 Å². The quantitative estimate of drug-likeness (QED) is 0.802. The van der Waals surface area contributed by atoms with Crippen LogP contribution >= 0.6 is 23.2 Å². The second-order valence-electron chi connectivity index (χ2n) is 6.82. The normalized spacial score (nSPS) is 19.6. The Morgan fingerprint density at radius 2 is 1.52 bits per heavy atom. The van der Waals surface area contributed by atoms with E-state index in [0.29, 0.717) is 15.6 Å². The Morgan fingerprint density at radius 1 is 0.920 bits per heavy atom. The number of rotatable bonds is 3. The van der Waals surface area contributed by atoms with Crippen LogP contribution in [0.3, 0.4) is 0 Å². The molecule has 3 rings (SSSR count). The van der Waals surface area contributed by atoms with Gasteiger partial charge in [-0.25, -0.2) is 0 Å². The van der Waals surface area contributed by atoms with E-state index in [9.17, 15) is 4.79 Å². The topological polar surface area (TPSA) is 23.6 Å². The monoisotopic (exact) mass is 376 g/mol. The number of carbonyl (C=O) groups excluding carboxylic acids is 1. The summed E-state index contributed by atoms with van der Waals surface area (Å²) in [5, 5.41) is 0.859. The lowest BCUT2D eigenvalue weighted by Crippen LogP contribution is -2.54. The average molecular weight is 377 g/mol. The predicted molar refractivity (Wildman–Crippen MR) is 104 cm³/mol. The van der Waals surface area contributed by atoms with Crippen molar-refractivity contribution >= 4 is 29.1 Å². The Morgan fingerprint density at radius 3 is 2.08 bits per heavy atom. The summed E-state index contributed by atoms with van der Waals surface area (Å²) >= 11 is 12.1. The van der Waals surface area contributed by atoms with Crippen molar-refractivity contribution in [1.29, 1.82) is 0 Å². The molecule has 0 fully saturated rings. The molecule has 1 amide bonds. The van der Waals surface area contributed by atoms with Crippen molar-refractivity contribution in [3.63, 3.8) is 0 Å². The average Bonchev–Trinajstić information content (AvgIpc) is 2.61. The van der Waals surface area contributed by atoms with Crippen LogP contribution in [0.25, 0.3) is 0 Å². The van der Waals surface area contributed by atoms with Crippen LogP contribution in [-0.2, 0) is 12.8 Å². The maximum Gasteiger partial charge on any atom is 0.253 e. The molecular formula is C20H22Cl2N2O. The van der Waals surface area contributed by atoms with Crippen molar-refractivity contribution in [3.05, 3.63) is 69.2 Å². The van der Waals surface area contributed by atoms with Crippen LogP contribution < -0.4 is 0 Å². The van der Waals surface area contributed by atoms with Gasteiger partial charge >= 0.3 is 0 Å². The number of hydrogen-bond donors (Lipinski definition) is 0. The van der Waals surface area contributed by atoms with E-state index in [1.54, 1.807) is 18.2 Å². The van der Waals surface area contributed by atoms with Gasteiger partial charge in [-0.2, -0.15) is 0 Å². The molecule has 0 bridgehead atoms. The highest BCUT2D eigenvalue weighted by Crippen LogP contribution is 2.28. The number of likely N-dealkylation sites (N-methyl/N-ethyl adjacent to an activating group) is 2. The zero-order valence-corrected chi connectivity index (χ0v) is 16.2. The third-order valence-corrected chi connectivity index (χ3v) is 5.81. The molecule has 25 heavy (non-hydrogen) atoms. The molecule has 0 saturated carbocycles. The fraction of sp³-hybridized carbons (Fsp3) is 0.350. The van der Waals surface area contributed by atoms with Crippen LogP contribution in [0.15, 0.2) is 42.5 Å². The van der Waals surface area contributed by atoms with E-state index in [1.807, 2.05) is 11.9 Å². The van der Waals surface area contributed by atoms with Gasteiger partial charge in [0.1, 0.15) is 0 Å². The van der Waals surface area contributed by atoms with Crippen molar-refractivity contribution in [1.82, 2.24) is 9.80 Å². The van der Waals surface area contributed by atoms with Crippen molar-refractivity contribution in [2.45, 2.75) is 24.9 Å². The second-order valence-corrected chi connectivity index (χ2v) is 7.63. The van der Waals surface area contributed by atoms with Crippen LogP contribution in [0, 0.1) is 0 Å². The number of carbonyl (C=O) groups is 1. The summed E-state index contributed by atoms with van der Waals surface area (Å²) in [5.41, 5.74) is 3.25. The first-order valence-corrected chi connectivity index (χ1v) is 9.09. The second kappa shape index (κ2) is 7.36. The molecule has 132 valence electrons. The van der Waals surface area contributed by atoms with Crippen LogP contribution in [0.4, 0.5) is 0 Å². The minimum atomic E-state index is -0.0326. The molecule has 0 aromatic heterocycles. The third kappa shape index (κ3) is 3.69. The molecular weight excluding hydrogens is 355 g/mol. The van der Waals surface area contributed by atoms with Crippen LogP contribution in [-0.4, -0.2) is 48.9 Å². The minimum absolute atomic E-state index is 0.0326. The number of benzene rings is 2. The summed E-state index contributed by atoms with van der Waals surface area (Å²) in [6.45, 7) is 0. The summed E-state index contributed by atoms with van der Waals surface area (Å²) in [5.74, 6) is -0.0326. The zero-order valence-electron chi connectivity index (χ0n) is 14.7. The number of fused-ring (bicyclic) bond motifs is 1. The standard InChI is InChI=1S/C20H22Cl2N2O/c1-23(2)18-11-13-6-4-5-7-14(13)12-19(18)24(3)20(25)15-8-9-16(21)17(22)10-15/h4-10,18-19H,11-12H2,1-3H3/t18-,19-/m1/s1. The molecule has 0 heterocycles. The first kappa shape index (κ1) is 18.2. The van der Waals surface area contributed by atoms with Gasteiger partial charge in [0.05, 0.1) is 16.1 Å². The summed E-state index contributed by atoms with van der Waals surface area (Å²) in [4.78, 5) is 17.0. The van der Waals surface area contributed by atoms with Crippen molar-refractivity contribution in [2.75, 3.05) is 21.1 Å². The largest absolute Gasteiger partial charge is 0.337 e. The lowest BCUT2D eigenvalue weighted by atomic mass is 9.83. The molecule has 1 aliphatic rings. The van der Waals surface area contributed by atoms with Gasteiger partial charge in [0.25, 0.3) is 5.91 Å². The van der Waals surface area contributed by atoms with Gasteiger partial charge in [0.2, 0.25) is 0 Å². The zero-order chi connectivity index (χ0) is 18.1. The Balaban J connectivity index is 1.89. The molecule has 3 nitrogen and oxygen atoms in total. The first-order valence-electron chi connectivity index (χ1n) is 8.34. The summed E-state index contributed by atoms with van der Waals surface area (Å²) in [6, 6.07) is 13.9. The van der Waals surface area contributed by atoms with E-state index in [2.05, 4.69) is 43.3 Å². The smallest absolute Gasteiger partial charge is 0.253 e. The minimum Gasteiger partial charge on any atom is -0.337 e. The predicted octanol–water partition coefficient (Wildman–Crippen LogP) is 4.16. The van der Waals surface area contributed by atoms with E-state index in [-0.39, 0.29) is 18.0 Å². The highest BCUT2D eigenvalue weighted by Gasteiger charge is 2.34. The fourth-order valence-electron chi connectivity index (χ4n) is 3.58. The number of nitrogens with zero attached hydrogens (tertiary/aromatic N) is 2. The van der Waals surface area contributed by atoms with Gasteiger partial charge in [0, 0.05) is 18.7 Å². The van der Waals surface area contributed by atoms with Gasteiger partial charge in [-0.15, -0.1) is 0 Å². The molecule has 0 spiro atoms. The molecule has 2 aromatic rings. The van der Waals surface area contributed by atoms with Crippen molar-refractivity contribution in [3.8, 4) is 0 Å². The fourth-order valence-corrected chi connectivity index (χ4v) is 3.88. The Bertz CT molecular complexity index is 791. The highest BCUT2D eigenvalue weighted by molar-refractivity contribution is 6.42. The molecule has 0 radical (unpaired) electrons. The first-order chi connectivity index (χ1) is 11.9. The number of halogens is 2. The maximum atomic E-state index is 13.0. The lowest BCUT2D eigenvalue weighted by molar-refractivity contribution is 0.0612.